The molecule has 116 valence electrons. The molecule has 1 aliphatic rings. The fourth-order valence-corrected chi connectivity index (χ4v) is 3.66. The van der Waals surface area contributed by atoms with Crippen molar-refractivity contribution in [2.24, 2.45) is 5.92 Å². The molecule has 6 heteroatoms. The van der Waals surface area contributed by atoms with Gasteiger partial charge in [-0.2, -0.15) is 0 Å². The predicted octanol–water partition coefficient (Wildman–Crippen LogP) is 3.18. The Morgan fingerprint density at radius 3 is 2.59 bits per heavy atom. The zero-order valence-electron chi connectivity index (χ0n) is 12.2. The fourth-order valence-electron chi connectivity index (χ4n) is 2.81. The number of nitrogens with zero attached hydrogens (tertiary/aromatic N) is 2. The van der Waals surface area contributed by atoms with Crippen molar-refractivity contribution in [3.05, 3.63) is 40.9 Å². The molecule has 1 heterocycles. The van der Waals surface area contributed by atoms with E-state index in [0.29, 0.717) is 6.04 Å². The molecule has 22 heavy (non-hydrogen) atoms. The van der Waals surface area contributed by atoms with Crippen molar-refractivity contribution < 1.29 is 9.90 Å². The van der Waals surface area contributed by atoms with Crippen LogP contribution in [0.15, 0.2) is 30.3 Å². The molecule has 0 amide bonds. The monoisotopic (exact) mass is 317 g/mol. The molecule has 5 nitrogen and oxygen atoms in total. The Labute approximate surface area is 133 Å². The first-order chi connectivity index (χ1) is 10.7. The Bertz CT molecular complexity index is 621. The van der Waals surface area contributed by atoms with Crippen LogP contribution in [0.1, 0.15) is 36.3 Å². The summed E-state index contributed by atoms with van der Waals surface area (Å²) in [4.78, 5) is 11.0. The van der Waals surface area contributed by atoms with Crippen LogP contribution in [0.25, 0.3) is 0 Å². The topological polar surface area (TPSA) is 75.1 Å². The number of hydrogen-bond acceptors (Lipinski definition) is 5. The molecule has 1 saturated carbocycles. The molecule has 1 aromatic heterocycles. The number of benzene rings is 1. The summed E-state index contributed by atoms with van der Waals surface area (Å²) in [6.07, 6.45) is 4.03. The molecule has 0 unspecified atom stereocenters. The number of aliphatic carboxylic acids is 1. The third kappa shape index (κ3) is 3.82. The van der Waals surface area contributed by atoms with E-state index >= 15 is 0 Å². The number of hydrogen-bond donors (Lipinski definition) is 2. The van der Waals surface area contributed by atoms with Crippen LogP contribution in [0.4, 0.5) is 5.13 Å². The van der Waals surface area contributed by atoms with Gasteiger partial charge in [0, 0.05) is 12.5 Å². The molecule has 2 N–H and O–H groups in total. The van der Waals surface area contributed by atoms with Crippen LogP contribution in [0, 0.1) is 5.92 Å². The number of anilines is 1. The van der Waals surface area contributed by atoms with Crippen LogP contribution in [0.5, 0.6) is 0 Å². The van der Waals surface area contributed by atoms with E-state index in [1.807, 2.05) is 18.2 Å². The van der Waals surface area contributed by atoms with Gasteiger partial charge in [-0.05, 0) is 31.2 Å². The van der Waals surface area contributed by atoms with Gasteiger partial charge in [0.15, 0.2) is 0 Å². The van der Waals surface area contributed by atoms with Gasteiger partial charge >= 0.3 is 5.97 Å². The third-order valence-corrected chi connectivity index (χ3v) is 4.92. The lowest BCUT2D eigenvalue weighted by Gasteiger charge is -2.26. The standard InChI is InChI=1S/C16H19N3O2S/c20-15(21)12-6-8-13(9-7-12)17-16-19-18-14(22-16)10-11-4-2-1-3-5-11/h1-5,12-13H,6-10H2,(H,17,19)(H,20,21). The van der Waals surface area contributed by atoms with Crippen LogP contribution in [-0.4, -0.2) is 27.3 Å². The van der Waals surface area contributed by atoms with Gasteiger partial charge < -0.3 is 10.4 Å². The van der Waals surface area contributed by atoms with E-state index in [2.05, 4.69) is 27.6 Å². The van der Waals surface area contributed by atoms with E-state index in [1.165, 1.54) is 5.56 Å². The highest BCUT2D eigenvalue weighted by atomic mass is 32.1. The van der Waals surface area contributed by atoms with Crippen molar-refractivity contribution in [1.82, 2.24) is 10.2 Å². The molecule has 0 radical (unpaired) electrons. The van der Waals surface area contributed by atoms with Crippen LogP contribution < -0.4 is 5.32 Å². The average Bonchev–Trinajstić information content (AvgIpc) is 2.96. The van der Waals surface area contributed by atoms with Crippen LogP contribution in [0.2, 0.25) is 0 Å². The van der Waals surface area contributed by atoms with E-state index in [0.717, 1.165) is 42.2 Å². The second-order valence-corrected chi connectivity index (χ2v) is 6.76. The fraction of sp³-hybridized carbons (Fsp3) is 0.438. The molecule has 0 aliphatic heterocycles. The Kier molecular flexibility index (Phi) is 4.68. The normalized spacial score (nSPS) is 21.5. The maximum atomic E-state index is 11.0. The van der Waals surface area contributed by atoms with Gasteiger partial charge in [-0.1, -0.05) is 41.7 Å². The van der Waals surface area contributed by atoms with E-state index in [9.17, 15) is 4.79 Å². The summed E-state index contributed by atoms with van der Waals surface area (Å²) in [6, 6.07) is 10.5. The molecule has 0 bridgehead atoms. The quantitative estimate of drug-likeness (QED) is 0.886. The van der Waals surface area contributed by atoms with Gasteiger partial charge in [0.05, 0.1) is 5.92 Å². The molecule has 0 spiro atoms. The molecular formula is C16H19N3O2S. The molecule has 1 fully saturated rings. The van der Waals surface area contributed by atoms with E-state index < -0.39 is 5.97 Å². The largest absolute Gasteiger partial charge is 0.481 e. The van der Waals surface area contributed by atoms with Gasteiger partial charge in [0.1, 0.15) is 5.01 Å². The minimum absolute atomic E-state index is 0.180. The van der Waals surface area contributed by atoms with Crippen LogP contribution in [0.3, 0.4) is 0 Å². The van der Waals surface area contributed by atoms with Crippen molar-refractivity contribution in [2.45, 2.75) is 38.1 Å². The Morgan fingerprint density at radius 1 is 1.18 bits per heavy atom. The summed E-state index contributed by atoms with van der Waals surface area (Å²) in [5.74, 6) is -0.847. The van der Waals surface area contributed by atoms with Crippen molar-refractivity contribution in [2.75, 3.05) is 5.32 Å². The second-order valence-electron chi connectivity index (χ2n) is 5.69. The summed E-state index contributed by atoms with van der Waals surface area (Å²) in [5, 5.41) is 22.7. The summed E-state index contributed by atoms with van der Waals surface area (Å²) in [6.45, 7) is 0. The van der Waals surface area contributed by atoms with Crippen molar-refractivity contribution >= 4 is 22.4 Å². The Balaban J connectivity index is 1.53. The average molecular weight is 317 g/mol. The third-order valence-electron chi connectivity index (χ3n) is 4.07. The second kappa shape index (κ2) is 6.87. The van der Waals surface area contributed by atoms with Gasteiger partial charge in [-0.3, -0.25) is 4.79 Å². The number of carboxylic acid groups (broad SMARTS) is 1. The highest BCUT2D eigenvalue weighted by Crippen LogP contribution is 2.28. The lowest BCUT2D eigenvalue weighted by atomic mass is 9.86. The molecule has 3 rings (SSSR count). The first kappa shape index (κ1) is 15.0. The molecule has 2 aromatic rings. The smallest absolute Gasteiger partial charge is 0.306 e. The molecule has 0 atom stereocenters. The number of rotatable bonds is 5. The van der Waals surface area contributed by atoms with Crippen LogP contribution >= 0.6 is 11.3 Å². The van der Waals surface area contributed by atoms with Gasteiger partial charge in [-0.15, -0.1) is 10.2 Å². The maximum Gasteiger partial charge on any atom is 0.306 e. The minimum atomic E-state index is -0.667. The van der Waals surface area contributed by atoms with Crippen molar-refractivity contribution in [1.29, 1.82) is 0 Å². The molecule has 1 aliphatic carbocycles. The predicted molar refractivity (Wildman–Crippen MR) is 86.2 cm³/mol. The number of aromatic nitrogens is 2. The van der Waals surface area contributed by atoms with Gasteiger partial charge in [0.2, 0.25) is 5.13 Å². The lowest BCUT2D eigenvalue weighted by molar-refractivity contribution is -0.142. The minimum Gasteiger partial charge on any atom is -0.481 e. The zero-order valence-corrected chi connectivity index (χ0v) is 13.1. The maximum absolute atomic E-state index is 11.0. The lowest BCUT2D eigenvalue weighted by Crippen LogP contribution is -2.29. The first-order valence-corrected chi connectivity index (χ1v) is 8.38. The van der Waals surface area contributed by atoms with Crippen molar-refractivity contribution in [3.63, 3.8) is 0 Å². The SMILES string of the molecule is O=C(O)C1CCC(Nc2nnc(Cc3ccccc3)s2)CC1. The summed E-state index contributed by atoms with van der Waals surface area (Å²) in [7, 11) is 0. The van der Waals surface area contributed by atoms with Gasteiger partial charge in [-0.25, -0.2) is 0 Å². The number of nitrogens with one attached hydrogen (secondary N) is 1. The van der Waals surface area contributed by atoms with E-state index in [1.54, 1.807) is 11.3 Å². The van der Waals surface area contributed by atoms with Gasteiger partial charge in [0.25, 0.3) is 0 Å². The summed E-state index contributed by atoms with van der Waals surface area (Å²) < 4.78 is 0. The van der Waals surface area contributed by atoms with Crippen LogP contribution in [-0.2, 0) is 11.2 Å². The summed E-state index contributed by atoms with van der Waals surface area (Å²) in [5.41, 5.74) is 1.23. The Hall–Kier alpha value is -1.95. The number of carbonyl (C=O) groups is 1. The van der Waals surface area contributed by atoms with Crippen molar-refractivity contribution in [3.8, 4) is 0 Å². The molecular weight excluding hydrogens is 298 g/mol. The number of carboxylic acids is 1. The zero-order chi connectivity index (χ0) is 15.4. The highest BCUT2D eigenvalue weighted by Gasteiger charge is 2.26. The molecule has 1 aromatic carbocycles. The Morgan fingerprint density at radius 2 is 1.91 bits per heavy atom. The van der Waals surface area contributed by atoms with E-state index in [4.69, 9.17) is 5.11 Å². The highest BCUT2D eigenvalue weighted by molar-refractivity contribution is 7.15. The summed E-state index contributed by atoms with van der Waals surface area (Å²) >= 11 is 1.58. The first-order valence-electron chi connectivity index (χ1n) is 7.56. The molecule has 0 saturated heterocycles. The van der Waals surface area contributed by atoms with E-state index in [-0.39, 0.29) is 5.92 Å².